The van der Waals surface area contributed by atoms with Crippen LogP contribution in [0.1, 0.15) is 39.9 Å². The molecular weight excluding hydrogens is 484 g/mol. The number of benzene rings is 2. The summed E-state index contributed by atoms with van der Waals surface area (Å²) < 4.78 is 5.78. The maximum atomic E-state index is 12.9. The lowest BCUT2D eigenvalue weighted by molar-refractivity contribution is -0.148. The molecule has 1 amide bonds. The normalized spacial score (nSPS) is 11.1. The molecule has 0 radical (unpaired) electrons. The highest BCUT2D eigenvalue weighted by molar-refractivity contribution is 6.33. The number of nitrogens with one attached hydrogen (secondary N) is 2. The fourth-order valence-electron chi connectivity index (χ4n) is 3.20. The van der Waals surface area contributed by atoms with E-state index >= 15 is 0 Å². The summed E-state index contributed by atoms with van der Waals surface area (Å²) >= 11 is 0. The molecule has 1 atom stereocenters. The van der Waals surface area contributed by atoms with Gasteiger partial charge in [-0.15, -0.1) is 0 Å². The maximum absolute atomic E-state index is 12.9. The van der Waals surface area contributed by atoms with Crippen LogP contribution in [-0.4, -0.2) is 58.3 Å². The van der Waals surface area contributed by atoms with Gasteiger partial charge in [-0.3, -0.25) is 19.8 Å². The van der Waals surface area contributed by atoms with Crippen LogP contribution < -0.4 is 27.3 Å². The van der Waals surface area contributed by atoms with E-state index in [9.17, 15) is 19.2 Å². The summed E-state index contributed by atoms with van der Waals surface area (Å²) in [5.41, 5.74) is 17.7. The number of carboxylic acid groups (broad SMARTS) is 2. The van der Waals surface area contributed by atoms with Crippen molar-refractivity contribution in [2.75, 3.05) is 6.61 Å². The lowest BCUT2D eigenvalue weighted by Crippen LogP contribution is -2.39. The number of Topliss-reactive ketones (excluding diaryl/α,β-unsaturated/α-hetero) is 1. The van der Waals surface area contributed by atoms with Gasteiger partial charge in [0.05, 0.1) is 12.6 Å². The number of carbonyl (C=O) groups is 4. The number of amides is 1. The predicted octanol–water partition coefficient (Wildman–Crippen LogP) is -0.0175. The van der Waals surface area contributed by atoms with Gasteiger partial charge in [-0.25, -0.2) is 9.79 Å². The highest BCUT2D eigenvalue weighted by atomic mass is 16.5. The highest BCUT2D eigenvalue weighted by Gasteiger charge is 2.20. The van der Waals surface area contributed by atoms with Crippen LogP contribution in [0.5, 0.6) is 5.75 Å². The first-order valence-electron chi connectivity index (χ1n) is 11.0. The number of guanidine groups is 1. The molecular formula is C24H28N6O7. The van der Waals surface area contributed by atoms with Crippen molar-refractivity contribution in [3.63, 3.8) is 0 Å². The van der Waals surface area contributed by atoms with Crippen molar-refractivity contribution in [3.05, 3.63) is 64.7 Å². The SMILES string of the molecule is N=C(N)c1ccc(CC(=O)C(=O)O)c(OC[C@@H](CCC(=O)O)NC(=O)c2cccc(CN=C(N)N)c2)c1. The van der Waals surface area contributed by atoms with Crippen LogP contribution in [0.15, 0.2) is 47.5 Å². The van der Waals surface area contributed by atoms with Crippen molar-refractivity contribution in [2.45, 2.75) is 31.8 Å². The van der Waals surface area contributed by atoms with Crippen molar-refractivity contribution in [1.29, 1.82) is 5.41 Å². The molecule has 0 aliphatic carbocycles. The number of carboxylic acids is 2. The van der Waals surface area contributed by atoms with E-state index in [0.717, 1.165) is 0 Å². The zero-order chi connectivity index (χ0) is 27.5. The van der Waals surface area contributed by atoms with E-state index in [1.54, 1.807) is 24.3 Å². The van der Waals surface area contributed by atoms with Gasteiger partial charge >= 0.3 is 11.9 Å². The van der Waals surface area contributed by atoms with Gasteiger partial charge in [0.15, 0.2) is 5.96 Å². The molecule has 0 saturated heterocycles. The quantitative estimate of drug-likeness (QED) is 0.101. The summed E-state index contributed by atoms with van der Waals surface area (Å²) in [5, 5.41) is 28.4. The molecule has 0 heterocycles. The minimum atomic E-state index is -1.62. The molecule has 0 bridgehead atoms. The second-order valence-electron chi connectivity index (χ2n) is 8.00. The fourth-order valence-corrected chi connectivity index (χ4v) is 3.20. The molecule has 0 aliphatic heterocycles. The number of amidine groups is 1. The van der Waals surface area contributed by atoms with E-state index in [0.29, 0.717) is 5.56 Å². The first-order chi connectivity index (χ1) is 17.5. The number of ether oxygens (including phenoxy) is 1. The highest BCUT2D eigenvalue weighted by Crippen LogP contribution is 2.22. The van der Waals surface area contributed by atoms with Gasteiger partial charge in [-0.2, -0.15) is 0 Å². The Morgan fingerprint density at radius 2 is 1.76 bits per heavy atom. The molecule has 2 aromatic carbocycles. The lowest BCUT2D eigenvalue weighted by Gasteiger charge is -2.20. The van der Waals surface area contributed by atoms with Crippen molar-refractivity contribution in [3.8, 4) is 5.75 Å². The molecule has 0 aromatic heterocycles. The zero-order valence-electron chi connectivity index (χ0n) is 19.8. The lowest BCUT2D eigenvalue weighted by atomic mass is 10.0. The Morgan fingerprint density at radius 3 is 2.38 bits per heavy atom. The zero-order valence-corrected chi connectivity index (χ0v) is 19.8. The van der Waals surface area contributed by atoms with Crippen LogP contribution in [-0.2, 0) is 27.3 Å². The van der Waals surface area contributed by atoms with Crippen molar-refractivity contribution in [1.82, 2.24) is 5.32 Å². The number of aliphatic carboxylic acids is 2. The first kappa shape index (κ1) is 28.3. The molecule has 13 heteroatoms. The molecule has 0 fully saturated rings. The number of nitrogen functional groups attached to an aromatic ring is 1. The van der Waals surface area contributed by atoms with Gasteiger partial charge in [0.1, 0.15) is 18.2 Å². The molecule has 0 saturated carbocycles. The summed E-state index contributed by atoms with van der Waals surface area (Å²) in [6, 6.07) is 9.99. The Kier molecular flexibility index (Phi) is 10.1. The van der Waals surface area contributed by atoms with E-state index in [-0.39, 0.29) is 60.2 Å². The molecule has 0 aliphatic rings. The summed E-state index contributed by atoms with van der Waals surface area (Å²) in [5.74, 6) is -4.56. The van der Waals surface area contributed by atoms with Crippen molar-refractivity contribution in [2.24, 2.45) is 22.2 Å². The Morgan fingerprint density at radius 1 is 1.03 bits per heavy atom. The minimum Gasteiger partial charge on any atom is -0.491 e. The van der Waals surface area contributed by atoms with E-state index < -0.39 is 36.1 Å². The summed E-state index contributed by atoms with van der Waals surface area (Å²) in [6.07, 6.45) is -0.723. The summed E-state index contributed by atoms with van der Waals surface area (Å²) in [6.45, 7) is -0.0400. The van der Waals surface area contributed by atoms with E-state index in [1.165, 1.54) is 18.2 Å². The number of aliphatic imine (C=N–C) groups is 1. The number of carbonyl (C=O) groups excluding carboxylic acids is 2. The largest absolute Gasteiger partial charge is 0.491 e. The second kappa shape index (κ2) is 13.2. The molecule has 10 N–H and O–H groups in total. The Bertz CT molecular complexity index is 1220. The van der Waals surface area contributed by atoms with Crippen LogP contribution in [0, 0.1) is 5.41 Å². The average Bonchev–Trinajstić information content (AvgIpc) is 2.84. The number of ketones is 1. The van der Waals surface area contributed by atoms with Crippen LogP contribution in [0.25, 0.3) is 0 Å². The van der Waals surface area contributed by atoms with Crippen molar-refractivity contribution >= 4 is 35.4 Å². The van der Waals surface area contributed by atoms with Crippen LogP contribution in [0.4, 0.5) is 0 Å². The van der Waals surface area contributed by atoms with Gasteiger partial charge in [0.2, 0.25) is 5.78 Å². The monoisotopic (exact) mass is 512 g/mol. The minimum absolute atomic E-state index is 0.0184. The maximum Gasteiger partial charge on any atom is 0.372 e. The third kappa shape index (κ3) is 9.32. The van der Waals surface area contributed by atoms with E-state index in [4.69, 9.17) is 37.6 Å². The molecule has 13 nitrogen and oxygen atoms in total. The molecule has 196 valence electrons. The first-order valence-corrected chi connectivity index (χ1v) is 11.0. The molecule has 0 spiro atoms. The Labute approximate surface area is 211 Å². The smallest absolute Gasteiger partial charge is 0.372 e. The van der Waals surface area contributed by atoms with Crippen LogP contribution in [0.3, 0.4) is 0 Å². The Hall–Kier alpha value is -4.94. The number of hydrogen-bond acceptors (Lipinski definition) is 7. The summed E-state index contributed by atoms with van der Waals surface area (Å²) in [7, 11) is 0. The topological polar surface area (TPSA) is 244 Å². The Balaban J connectivity index is 2.23. The van der Waals surface area contributed by atoms with Crippen LogP contribution >= 0.6 is 0 Å². The molecule has 0 unspecified atom stereocenters. The third-order valence-electron chi connectivity index (χ3n) is 5.08. The van der Waals surface area contributed by atoms with Crippen molar-refractivity contribution < 1.29 is 34.1 Å². The standard InChI is InChI=1S/C24H28N6O7/c25-21(26)15-5-4-14(9-18(31)23(35)36)19(10-15)37-12-17(6-7-20(32)33)30-22(34)16-3-1-2-13(8-16)11-29-24(27)28/h1-5,8,10,17H,6-7,9,11-12H2,(H3,25,26)(H,30,34)(H,32,33)(H,35,36)(H4,27,28,29)/t17-/m1/s1. The molecule has 2 rings (SSSR count). The number of nitrogens with zero attached hydrogens (tertiary/aromatic N) is 1. The molecule has 2 aromatic rings. The summed E-state index contributed by atoms with van der Waals surface area (Å²) in [4.78, 5) is 50.7. The van der Waals surface area contributed by atoms with Crippen LogP contribution in [0.2, 0.25) is 0 Å². The van der Waals surface area contributed by atoms with E-state index in [1.807, 2.05) is 0 Å². The van der Waals surface area contributed by atoms with Gasteiger partial charge in [-0.1, -0.05) is 24.3 Å². The van der Waals surface area contributed by atoms with Gasteiger partial charge < -0.3 is 37.5 Å². The second-order valence-corrected chi connectivity index (χ2v) is 8.00. The van der Waals surface area contributed by atoms with Gasteiger partial charge in [0, 0.05) is 29.5 Å². The predicted molar refractivity (Wildman–Crippen MR) is 133 cm³/mol. The van der Waals surface area contributed by atoms with Gasteiger partial charge in [-0.05, 0) is 30.2 Å². The fraction of sp³-hybridized carbons (Fsp3) is 0.250. The molecule has 37 heavy (non-hydrogen) atoms. The average molecular weight is 513 g/mol. The number of nitrogens with two attached hydrogens (primary N) is 3. The van der Waals surface area contributed by atoms with Gasteiger partial charge in [0.25, 0.3) is 5.91 Å². The third-order valence-corrected chi connectivity index (χ3v) is 5.08. The van der Waals surface area contributed by atoms with E-state index in [2.05, 4.69) is 10.3 Å². The number of rotatable bonds is 14. The number of hydrogen-bond donors (Lipinski definition) is 7.